The van der Waals surface area contributed by atoms with Gasteiger partial charge < -0.3 is 29.2 Å². The predicted octanol–water partition coefficient (Wildman–Crippen LogP) is 1.48. The SMILES string of the molecule is COc1ccc(S(=O)(=O)N2CCOCC2)cc1NC(=O)[C@H]1CC(=O)N(c2ccc3c(c2)OCCO3)C1. The van der Waals surface area contributed by atoms with Gasteiger partial charge in [0, 0.05) is 37.8 Å². The number of fused-ring (bicyclic) bond motifs is 1. The van der Waals surface area contributed by atoms with Crippen LogP contribution in [0.5, 0.6) is 17.2 Å². The van der Waals surface area contributed by atoms with Crippen LogP contribution in [0.4, 0.5) is 11.4 Å². The number of hydrogen-bond donors (Lipinski definition) is 1. The van der Waals surface area contributed by atoms with E-state index >= 15 is 0 Å². The van der Waals surface area contributed by atoms with Crippen LogP contribution in [-0.4, -0.2) is 77.7 Å². The summed E-state index contributed by atoms with van der Waals surface area (Å²) in [6.07, 6.45) is 0.0222. The van der Waals surface area contributed by atoms with Crippen molar-refractivity contribution in [2.75, 3.05) is 63.4 Å². The third kappa shape index (κ3) is 4.71. The topological polar surface area (TPSA) is 124 Å². The van der Waals surface area contributed by atoms with Crippen molar-refractivity contribution in [2.24, 2.45) is 5.92 Å². The van der Waals surface area contributed by atoms with E-state index in [-0.39, 0.29) is 42.5 Å². The van der Waals surface area contributed by atoms with E-state index in [2.05, 4.69) is 5.32 Å². The van der Waals surface area contributed by atoms with Crippen LogP contribution < -0.4 is 24.4 Å². The first kappa shape index (κ1) is 24.3. The average Bonchev–Trinajstić information content (AvgIpc) is 3.30. The molecule has 0 bridgehead atoms. The lowest BCUT2D eigenvalue weighted by Gasteiger charge is -2.26. The molecule has 2 aromatic rings. The molecule has 36 heavy (non-hydrogen) atoms. The van der Waals surface area contributed by atoms with Gasteiger partial charge in [0.25, 0.3) is 0 Å². The molecule has 192 valence electrons. The highest BCUT2D eigenvalue weighted by Crippen LogP contribution is 2.36. The van der Waals surface area contributed by atoms with Gasteiger partial charge in [0.2, 0.25) is 21.8 Å². The summed E-state index contributed by atoms with van der Waals surface area (Å²) in [5, 5.41) is 2.77. The molecule has 2 saturated heterocycles. The lowest BCUT2D eigenvalue weighted by Crippen LogP contribution is -2.40. The third-order valence-electron chi connectivity index (χ3n) is 6.37. The van der Waals surface area contributed by atoms with Gasteiger partial charge in [-0.2, -0.15) is 4.31 Å². The number of rotatable bonds is 6. The summed E-state index contributed by atoms with van der Waals surface area (Å²) < 4.78 is 49.2. The van der Waals surface area contributed by atoms with Crippen molar-refractivity contribution in [3.05, 3.63) is 36.4 Å². The molecule has 2 aromatic carbocycles. The highest BCUT2D eigenvalue weighted by atomic mass is 32.2. The molecule has 0 radical (unpaired) electrons. The number of nitrogens with one attached hydrogen (secondary N) is 1. The first-order valence-corrected chi connectivity index (χ1v) is 13.1. The van der Waals surface area contributed by atoms with Crippen LogP contribution in [0.1, 0.15) is 6.42 Å². The number of benzene rings is 2. The number of carbonyl (C=O) groups is 2. The molecule has 3 aliphatic heterocycles. The van der Waals surface area contributed by atoms with Gasteiger partial charge >= 0.3 is 0 Å². The Morgan fingerprint density at radius 3 is 2.53 bits per heavy atom. The molecule has 0 aliphatic carbocycles. The lowest BCUT2D eigenvalue weighted by molar-refractivity contribution is -0.122. The summed E-state index contributed by atoms with van der Waals surface area (Å²) in [4.78, 5) is 27.5. The van der Waals surface area contributed by atoms with Gasteiger partial charge in [-0.1, -0.05) is 0 Å². The third-order valence-corrected chi connectivity index (χ3v) is 8.26. The molecule has 3 heterocycles. The van der Waals surface area contributed by atoms with E-state index in [1.807, 2.05) is 0 Å². The highest BCUT2D eigenvalue weighted by Gasteiger charge is 2.36. The minimum absolute atomic E-state index is 0.0222. The molecular weight excluding hydrogens is 490 g/mol. The number of anilines is 2. The second-order valence-electron chi connectivity index (χ2n) is 8.60. The summed E-state index contributed by atoms with van der Waals surface area (Å²) >= 11 is 0. The fourth-order valence-electron chi connectivity index (χ4n) is 4.45. The second kappa shape index (κ2) is 9.96. The van der Waals surface area contributed by atoms with Gasteiger partial charge in [-0.3, -0.25) is 9.59 Å². The Bertz CT molecular complexity index is 1280. The Balaban J connectivity index is 1.32. The molecule has 3 aliphatic rings. The second-order valence-corrected chi connectivity index (χ2v) is 10.5. The molecule has 11 nitrogen and oxygen atoms in total. The monoisotopic (exact) mass is 517 g/mol. The standard InChI is InChI=1S/C24H27N3O8S/c1-32-20-5-3-18(36(30,31)26-6-8-33-9-7-26)14-19(20)25-24(29)16-12-23(28)27(15-16)17-2-4-21-22(13-17)35-11-10-34-21/h2-5,13-14,16H,6-12,15H2,1H3,(H,25,29)/t16-/m0/s1. The Morgan fingerprint density at radius 2 is 1.78 bits per heavy atom. The van der Waals surface area contributed by atoms with E-state index in [0.29, 0.717) is 49.4 Å². The molecular formula is C24H27N3O8S. The van der Waals surface area contributed by atoms with Crippen molar-refractivity contribution in [3.63, 3.8) is 0 Å². The number of hydrogen-bond acceptors (Lipinski definition) is 8. The first-order chi connectivity index (χ1) is 17.4. The van der Waals surface area contributed by atoms with E-state index < -0.39 is 21.8 Å². The highest BCUT2D eigenvalue weighted by molar-refractivity contribution is 7.89. The maximum Gasteiger partial charge on any atom is 0.243 e. The van der Waals surface area contributed by atoms with Crippen LogP contribution in [-0.2, 0) is 24.3 Å². The van der Waals surface area contributed by atoms with E-state index in [1.54, 1.807) is 23.1 Å². The predicted molar refractivity (Wildman–Crippen MR) is 129 cm³/mol. The van der Waals surface area contributed by atoms with Gasteiger partial charge in [0.15, 0.2) is 11.5 Å². The maximum atomic E-state index is 13.1. The van der Waals surface area contributed by atoms with Crippen LogP contribution >= 0.6 is 0 Å². The summed E-state index contributed by atoms with van der Waals surface area (Å²) in [5.41, 5.74) is 0.845. The molecule has 2 amide bonds. The minimum atomic E-state index is -3.76. The Hall–Kier alpha value is -3.35. The fourth-order valence-corrected chi connectivity index (χ4v) is 5.88. The molecule has 1 atom stereocenters. The Labute approximate surface area is 208 Å². The Kier molecular flexibility index (Phi) is 6.73. The van der Waals surface area contributed by atoms with Crippen LogP contribution in [0.2, 0.25) is 0 Å². The molecule has 0 spiro atoms. The normalized spacial score (nSPS) is 20.3. The van der Waals surface area contributed by atoms with Crippen molar-refractivity contribution in [1.29, 1.82) is 0 Å². The zero-order chi connectivity index (χ0) is 25.3. The van der Waals surface area contributed by atoms with Crippen LogP contribution in [0, 0.1) is 5.92 Å². The maximum absolute atomic E-state index is 13.1. The summed E-state index contributed by atoms with van der Waals surface area (Å²) in [7, 11) is -2.33. The van der Waals surface area contributed by atoms with Gasteiger partial charge in [0.05, 0.1) is 36.8 Å². The quantitative estimate of drug-likeness (QED) is 0.611. The molecule has 0 saturated carbocycles. The average molecular weight is 518 g/mol. The van der Waals surface area contributed by atoms with Crippen LogP contribution in [0.3, 0.4) is 0 Å². The van der Waals surface area contributed by atoms with Crippen LogP contribution in [0.25, 0.3) is 0 Å². The number of carbonyl (C=O) groups excluding carboxylic acids is 2. The van der Waals surface area contributed by atoms with Gasteiger partial charge in [-0.05, 0) is 30.3 Å². The summed E-state index contributed by atoms with van der Waals surface area (Å²) in [6, 6.07) is 9.57. The van der Waals surface area contributed by atoms with Crippen molar-refractivity contribution in [1.82, 2.24) is 4.31 Å². The number of sulfonamides is 1. The molecule has 0 unspecified atom stereocenters. The lowest BCUT2D eigenvalue weighted by atomic mass is 10.1. The number of amides is 2. The smallest absolute Gasteiger partial charge is 0.243 e. The van der Waals surface area contributed by atoms with E-state index in [9.17, 15) is 18.0 Å². The molecule has 12 heteroatoms. The van der Waals surface area contributed by atoms with E-state index in [0.717, 1.165) is 0 Å². The van der Waals surface area contributed by atoms with Crippen molar-refractivity contribution in [2.45, 2.75) is 11.3 Å². The van der Waals surface area contributed by atoms with Crippen molar-refractivity contribution in [3.8, 4) is 17.2 Å². The number of nitrogens with zero attached hydrogens (tertiary/aromatic N) is 2. The van der Waals surface area contributed by atoms with Crippen molar-refractivity contribution < 1.29 is 37.0 Å². The van der Waals surface area contributed by atoms with Crippen LogP contribution in [0.15, 0.2) is 41.3 Å². The molecule has 1 N–H and O–H groups in total. The fraction of sp³-hybridized carbons (Fsp3) is 0.417. The van der Waals surface area contributed by atoms with Gasteiger partial charge in [-0.25, -0.2) is 8.42 Å². The van der Waals surface area contributed by atoms with E-state index in [4.69, 9.17) is 18.9 Å². The zero-order valence-electron chi connectivity index (χ0n) is 19.8. The van der Waals surface area contributed by atoms with E-state index in [1.165, 1.54) is 29.6 Å². The van der Waals surface area contributed by atoms with Crippen molar-refractivity contribution >= 4 is 33.2 Å². The molecule has 0 aromatic heterocycles. The number of ether oxygens (including phenoxy) is 4. The first-order valence-electron chi connectivity index (χ1n) is 11.6. The zero-order valence-corrected chi connectivity index (χ0v) is 20.6. The van der Waals surface area contributed by atoms with Gasteiger partial charge in [0.1, 0.15) is 19.0 Å². The summed E-state index contributed by atoms with van der Waals surface area (Å²) in [6.45, 7) is 2.25. The number of methoxy groups -OCH3 is 1. The number of morpholine rings is 1. The van der Waals surface area contributed by atoms with Gasteiger partial charge in [-0.15, -0.1) is 0 Å². The largest absolute Gasteiger partial charge is 0.495 e. The molecule has 2 fully saturated rings. The summed E-state index contributed by atoms with van der Waals surface area (Å²) in [5.74, 6) is 0.268. The minimum Gasteiger partial charge on any atom is -0.495 e. The Morgan fingerprint density at radius 1 is 1.03 bits per heavy atom. The molecule has 5 rings (SSSR count).